The summed E-state index contributed by atoms with van der Waals surface area (Å²) in [5.74, 6) is 1.80. The first-order valence-corrected chi connectivity index (χ1v) is 5.79. The maximum absolute atomic E-state index is 3.65. The zero-order valence-electron chi connectivity index (χ0n) is 7.86. The molecule has 1 rings (SSSR count). The molecule has 0 bridgehead atoms. The first-order chi connectivity index (χ1) is 5.11. The molecule has 66 valence electrons. The summed E-state index contributed by atoms with van der Waals surface area (Å²) in [6.07, 6.45) is 4.38. The van der Waals surface area contributed by atoms with Crippen LogP contribution in [-0.4, -0.2) is 5.33 Å². The van der Waals surface area contributed by atoms with Gasteiger partial charge in [0.25, 0.3) is 0 Å². The smallest absolute Gasteiger partial charge is 0.00904 e. The Kier molecular flexibility index (Phi) is 3.02. The van der Waals surface area contributed by atoms with E-state index in [9.17, 15) is 0 Å². The van der Waals surface area contributed by atoms with Crippen molar-refractivity contribution in [3.05, 3.63) is 0 Å². The minimum absolute atomic E-state index is 0.554. The first-order valence-electron chi connectivity index (χ1n) is 4.67. The number of hydrogen-bond acceptors (Lipinski definition) is 0. The molecule has 1 aliphatic rings. The molecular formula is C10H19Br. The van der Waals surface area contributed by atoms with E-state index in [1.54, 1.807) is 0 Å². The van der Waals surface area contributed by atoms with Crippen LogP contribution in [0, 0.1) is 17.3 Å². The van der Waals surface area contributed by atoms with Crippen LogP contribution in [0.15, 0.2) is 0 Å². The van der Waals surface area contributed by atoms with E-state index in [0.29, 0.717) is 5.41 Å². The lowest BCUT2D eigenvalue weighted by Gasteiger charge is -2.45. The van der Waals surface area contributed by atoms with Crippen LogP contribution in [0.1, 0.15) is 40.0 Å². The third kappa shape index (κ3) is 1.63. The van der Waals surface area contributed by atoms with Crippen LogP contribution in [0.5, 0.6) is 0 Å². The molecular weight excluding hydrogens is 200 g/mol. The van der Waals surface area contributed by atoms with Gasteiger partial charge in [0.1, 0.15) is 0 Å². The van der Waals surface area contributed by atoms with E-state index in [2.05, 4.69) is 36.7 Å². The fourth-order valence-electron chi connectivity index (χ4n) is 1.80. The van der Waals surface area contributed by atoms with Crippen molar-refractivity contribution >= 4 is 15.9 Å². The van der Waals surface area contributed by atoms with E-state index in [1.807, 2.05) is 0 Å². The van der Waals surface area contributed by atoms with Crippen molar-refractivity contribution in [3.8, 4) is 0 Å². The van der Waals surface area contributed by atoms with E-state index < -0.39 is 0 Å². The van der Waals surface area contributed by atoms with Gasteiger partial charge in [0.2, 0.25) is 0 Å². The summed E-state index contributed by atoms with van der Waals surface area (Å²) in [5, 5.41) is 1.17. The quantitative estimate of drug-likeness (QED) is 0.632. The Balaban J connectivity index is 2.57. The van der Waals surface area contributed by atoms with Gasteiger partial charge in [-0.05, 0) is 30.1 Å². The Hall–Kier alpha value is 0.480. The fraction of sp³-hybridized carbons (Fsp3) is 1.00. The predicted octanol–water partition coefficient (Wildman–Crippen LogP) is 3.84. The molecule has 11 heavy (non-hydrogen) atoms. The highest BCUT2D eigenvalue weighted by Crippen LogP contribution is 2.47. The highest BCUT2D eigenvalue weighted by atomic mass is 79.9. The summed E-state index contributed by atoms with van der Waals surface area (Å²) in [7, 11) is 0. The van der Waals surface area contributed by atoms with Crippen LogP contribution in [-0.2, 0) is 0 Å². The minimum atomic E-state index is 0.554. The van der Waals surface area contributed by atoms with E-state index in [4.69, 9.17) is 0 Å². The molecule has 0 aromatic heterocycles. The highest BCUT2D eigenvalue weighted by Gasteiger charge is 2.39. The fourth-order valence-corrected chi connectivity index (χ4v) is 2.91. The molecule has 0 aromatic carbocycles. The lowest BCUT2D eigenvalue weighted by molar-refractivity contribution is 0.0777. The number of rotatable bonds is 3. The van der Waals surface area contributed by atoms with Gasteiger partial charge in [0, 0.05) is 5.33 Å². The molecule has 1 aliphatic carbocycles. The van der Waals surface area contributed by atoms with Crippen molar-refractivity contribution in [1.82, 2.24) is 0 Å². The van der Waals surface area contributed by atoms with Gasteiger partial charge in [-0.25, -0.2) is 0 Å². The Morgan fingerprint density at radius 1 is 1.45 bits per heavy atom. The van der Waals surface area contributed by atoms with Crippen LogP contribution in [0.4, 0.5) is 0 Å². The Morgan fingerprint density at radius 3 is 2.09 bits per heavy atom. The Labute approximate surface area is 78.9 Å². The summed E-state index contributed by atoms with van der Waals surface area (Å²) in [5.41, 5.74) is 0.554. The van der Waals surface area contributed by atoms with E-state index in [0.717, 1.165) is 11.8 Å². The molecule has 0 aliphatic heterocycles. The monoisotopic (exact) mass is 218 g/mol. The average Bonchev–Trinajstić information content (AvgIpc) is 1.83. The maximum Gasteiger partial charge on any atom is 0.00904 e. The first kappa shape index (κ1) is 9.57. The number of alkyl halides is 1. The van der Waals surface area contributed by atoms with Gasteiger partial charge >= 0.3 is 0 Å². The van der Waals surface area contributed by atoms with Gasteiger partial charge in [0.05, 0.1) is 0 Å². The predicted molar refractivity (Wildman–Crippen MR) is 54.1 cm³/mol. The lowest BCUT2D eigenvalue weighted by Crippen LogP contribution is -2.38. The summed E-state index contributed by atoms with van der Waals surface area (Å²) < 4.78 is 0. The molecule has 0 N–H and O–H groups in total. The largest absolute Gasteiger partial charge is 0.0922 e. The Bertz CT molecular complexity index is 127. The van der Waals surface area contributed by atoms with Crippen molar-refractivity contribution in [1.29, 1.82) is 0 Å². The molecule has 1 fully saturated rings. The number of hydrogen-bond donors (Lipinski definition) is 0. The van der Waals surface area contributed by atoms with Gasteiger partial charge < -0.3 is 0 Å². The molecule has 0 aromatic rings. The zero-order valence-corrected chi connectivity index (χ0v) is 9.45. The zero-order chi connectivity index (χ0) is 8.48. The minimum Gasteiger partial charge on any atom is -0.0922 e. The standard InChI is InChI=1S/C10H19Br/c1-8(2)10(3,7-11)9-5-4-6-9/h8-9H,4-7H2,1-3H3. The second kappa shape index (κ2) is 3.47. The molecule has 1 atom stereocenters. The summed E-state index contributed by atoms with van der Waals surface area (Å²) in [4.78, 5) is 0. The molecule has 0 nitrogen and oxygen atoms in total. The van der Waals surface area contributed by atoms with Crippen molar-refractivity contribution < 1.29 is 0 Å². The maximum atomic E-state index is 3.65. The van der Waals surface area contributed by atoms with Gasteiger partial charge in [-0.3, -0.25) is 0 Å². The van der Waals surface area contributed by atoms with E-state index >= 15 is 0 Å². The third-order valence-corrected chi connectivity index (χ3v) is 4.85. The third-order valence-electron chi connectivity index (χ3n) is 3.64. The van der Waals surface area contributed by atoms with Crippen LogP contribution >= 0.6 is 15.9 Å². The molecule has 0 radical (unpaired) electrons. The second-order valence-corrected chi connectivity index (χ2v) is 4.98. The van der Waals surface area contributed by atoms with Crippen molar-refractivity contribution in [2.24, 2.45) is 17.3 Å². The summed E-state index contributed by atoms with van der Waals surface area (Å²) >= 11 is 3.65. The molecule has 1 heteroatoms. The molecule has 0 spiro atoms. The molecule has 1 unspecified atom stereocenters. The summed E-state index contributed by atoms with van der Waals surface area (Å²) in [6, 6.07) is 0. The van der Waals surface area contributed by atoms with Crippen LogP contribution in [0.2, 0.25) is 0 Å². The van der Waals surface area contributed by atoms with Crippen molar-refractivity contribution in [2.45, 2.75) is 40.0 Å². The van der Waals surface area contributed by atoms with E-state index in [-0.39, 0.29) is 0 Å². The average molecular weight is 219 g/mol. The van der Waals surface area contributed by atoms with Crippen LogP contribution < -0.4 is 0 Å². The lowest BCUT2D eigenvalue weighted by atomic mass is 9.62. The van der Waals surface area contributed by atoms with Gasteiger partial charge in [-0.1, -0.05) is 43.1 Å². The highest BCUT2D eigenvalue weighted by molar-refractivity contribution is 9.09. The normalized spacial score (nSPS) is 24.8. The SMILES string of the molecule is CC(C)C(C)(CBr)C1CCC1. The van der Waals surface area contributed by atoms with Gasteiger partial charge in [-0.2, -0.15) is 0 Å². The van der Waals surface area contributed by atoms with Crippen LogP contribution in [0.25, 0.3) is 0 Å². The van der Waals surface area contributed by atoms with Gasteiger partial charge in [-0.15, -0.1) is 0 Å². The Morgan fingerprint density at radius 2 is 2.00 bits per heavy atom. The van der Waals surface area contributed by atoms with Gasteiger partial charge in [0.15, 0.2) is 0 Å². The van der Waals surface area contributed by atoms with Crippen molar-refractivity contribution in [2.75, 3.05) is 5.33 Å². The topological polar surface area (TPSA) is 0 Å². The summed E-state index contributed by atoms with van der Waals surface area (Å²) in [6.45, 7) is 7.12. The number of halogens is 1. The van der Waals surface area contributed by atoms with Crippen LogP contribution in [0.3, 0.4) is 0 Å². The molecule has 0 saturated heterocycles. The molecule has 1 saturated carbocycles. The molecule has 0 heterocycles. The second-order valence-electron chi connectivity index (χ2n) is 4.42. The van der Waals surface area contributed by atoms with Crippen molar-refractivity contribution in [3.63, 3.8) is 0 Å². The van der Waals surface area contributed by atoms with E-state index in [1.165, 1.54) is 24.6 Å². The molecule has 0 amide bonds.